The fraction of sp³-hybridized carbons (Fsp3) is 0.935. The van der Waals surface area contributed by atoms with E-state index in [1.807, 2.05) is 0 Å². The van der Waals surface area contributed by atoms with Gasteiger partial charge in [0.15, 0.2) is 0 Å². The lowest BCUT2D eigenvalue weighted by Crippen LogP contribution is -2.67. The maximum atomic E-state index is 13.2. The SMILES string of the molecule is CC(C)[C@@H]1CC[C@@]2(C#N)CC[C@]3(C)[C@H](CC[C@H]4[C@]5(C)C[C@@H](C)C(=O)C(C)(C)[C@H]5CC[C@@]43C)[C@@H]12. The monoisotopic (exact) mass is 451 g/mol. The van der Waals surface area contributed by atoms with Gasteiger partial charge in [0.1, 0.15) is 5.78 Å². The van der Waals surface area contributed by atoms with Crippen molar-refractivity contribution in [2.75, 3.05) is 0 Å². The van der Waals surface area contributed by atoms with Gasteiger partial charge >= 0.3 is 0 Å². The molecular formula is C31H49NO. The van der Waals surface area contributed by atoms with Crippen LogP contribution in [0.25, 0.3) is 0 Å². The number of fused-ring (bicyclic) bond motifs is 7. The Hall–Kier alpha value is -0.840. The van der Waals surface area contributed by atoms with Gasteiger partial charge < -0.3 is 0 Å². The third-order valence-electron chi connectivity index (χ3n) is 13.5. The Balaban J connectivity index is 1.57. The molecule has 0 bridgehead atoms. The summed E-state index contributed by atoms with van der Waals surface area (Å²) in [6.07, 6.45) is 10.9. The highest BCUT2D eigenvalue weighted by atomic mass is 16.1. The molecule has 0 saturated heterocycles. The number of nitriles is 1. The molecule has 0 amide bonds. The van der Waals surface area contributed by atoms with E-state index in [1.165, 1.54) is 38.5 Å². The summed E-state index contributed by atoms with van der Waals surface area (Å²) in [6, 6.07) is 2.94. The predicted octanol–water partition coefficient (Wildman–Crippen LogP) is 8.06. The van der Waals surface area contributed by atoms with E-state index in [0.717, 1.165) is 19.3 Å². The Labute approximate surface area is 203 Å². The average molecular weight is 452 g/mol. The van der Waals surface area contributed by atoms with Gasteiger partial charge in [0.2, 0.25) is 0 Å². The van der Waals surface area contributed by atoms with Crippen LogP contribution in [0.1, 0.15) is 113 Å². The highest BCUT2D eigenvalue weighted by Crippen LogP contribution is 2.77. The van der Waals surface area contributed by atoms with E-state index >= 15 is 0 Å². The Bertz CT molecular complexity index is 882. The van der Waals surface area contributed by atoms with Crippen LogP contribution in [0.2, 0.25) is 0 Å². The normalized spacial score (nSPS) is 55.2. The van der Waals surface area contributed by atoms with E-state index in [1.54, 1.807) is 0 Å². The summed E-state index contributed by atoms with van der Waals surface area (Å²) in [5.41, 5.74) is 0.651. The number of Topliss-reactive ketones (excluding diaryl/α,β-unsaturated/α-hetero) is 1. The number of carbonyl (C=O) groups excluding carboxylic acids is 1. The summed E-state index contributed by atoms with van der Waals surface area (Å²) in [5, 5.41) is 10.4. The third kappa shape index (κ3) is 2.75. The summed E-state index contributed by atoms with van der Waals surface area (Å²) in [7, 11) is 0. The van der Waals surface area contributed by atoms with Crippen LogP contribution in [0.4, 0.5) is 0 Å². The topological polar surface area (TPSA) is 40.9 Å². The third-order valence-corrected chi connectivity index (χ3v) is 13.5. The quantitative estimate of drug-likeness (QED) is 0.404. The molecule has 2 nitrogen and oxygen atoms in total. The zero-order chi connectivity index (χ0) is 24.2. The van der Waals surface area contributed by atoms with Crippen molar-refractivity contribution in [3.8, 4) is 6.07 Å². The van der Waals surface area contributed by atoms with Gasteiger partial charge in [0.05, 0.1) is 11.5 Å². The van der Waals surface area contributed by atoms with Crippen LogP contribution in [-0.2, 0) is 4.79 Å². The second-order valence-corrected chi connectivity index (χ2v) is 15.1. The molecule has 33 heavy (non-hydrogen) atoms. The largest absolute Gasteiger partial charge is 0.299 e. The number of hydrogen-bond acceptors (Lipinski definition) is 2. The second-order valence-electron chi connectivity index (χ2n) is 15.1. The zero-order valence-corrected chi connectivity index (χ0v) is 22.8. The summed E-state index contributed by atoms with van der Waals surface area (Å²) >= 11 is 0. The van der Waals surface area contributed by atoms with Crippen LogP contribution in [0.15, 0.2) is 0 Å². The number of ketones is 1. The minimum atomic E-state index is -0.192. The molecule has 5 rings (SSSR count). The van der Waals surface area contributed by atoms with E-state index in [9.17, 15) is 10.1 Å². The van der Waals surface area contributed by atoms with Crippen molar-refractivity contribution in [3.05, 3.63) is 0 Å². The van der Waals surface area contributed by atoms with Crippen molar-refractivity contribution >= 4 is 5.78 Å². The first-order valence-corrected chi connectivity index (χ1v) is 14.2. The first kappa shape index (κ1) is 23.9. The molecule has 0 N–H and O–H groups in total. The number of nitrogens with zero attached hydrogens (tertiary/aromatic N) is 1. The molecule has 0 unspecified atom stereocenters. The van der Waals surface area contributed by atoms with Gasteiger partial charge in [-0.05, 0) is 110 Å². The van der Waals surface area contributed by atoms with Gasteiger partial charge in [0.25, 0.3) is 0 Å². The summed E-state index contributed by atoms with van der Waals surface area (Å²) < 4.78 is 0. The van der Waals surface area contributed by atoms with Crippen molar-refractivity contribution in [1.29, 1.82) is 5.26 Å². The van der Waals surface area contributed by atoms with Crippen molar-refractivity contribution in [2.24, 2.45) is 68.5 Å². The lowest BCUT2D eigenvalue weighted by atomic mass is 9.32. The first-order chi connectivity index (χ1) is 15.3. The fourth-order valence-corrected chi connectivity index (χ4v) is 12.0. The smallest absolute Gasteiger partial charge is 0.141 e. The van der Waals surface area contributed by atoms with Crippen molar-refractivity contribution in [1.82, 2.24) is 0 Å². The summed E-state index contributed by atoms with van der Waals surface area (Å²) in [6.45, 7) is 19.5. The zero-order valence-electron chi connectivity index (χ0n) is 22.8. The molecule has 0 spiro atoms. The molecule has 10 atom stereocenters. The second kappa shape index (κ2) is 7.11. The number of hydrogen-bond donors (Lipinski definition) is 0. The fourth-order valence-electron chi connectivity index (χ4n) is 12.0. The van der Waals surface area contributed by atoms with Crippen LogP contribution >= 0.6 is 0 Å². The summed E-state index contributed by atoms with van der Waals surface area (Å²) in [4.78, 5) is 13.2. The average Bonchev–Trinajstić information content (AvgIpc) is 3.13. The molecular weight excluding hydrogens is 402 g/mol. The molecule has 0 aliphatic heterocycles. The lowest BCUT2D eigenvalue weighted by Gasteiger charge is -2.72. The minimum absolute atomic E-state index is 0.0584. The van der Waals surface area contributed by atoms with Crippen LogP contribution < -0.4 is 0 Å². The first-order valence-electron chi connectivity index (χ1n) is 14.2. The molecule has 5 fully saturated rings. The van der Waals surface area contributed by atoms with Crippen LogP contribution in [-0.4, -0.2) is 5.78 Å². The molecule has 5 aliphatic rings. The molecule has 0 heterocycles. The number of rotatable bonds is 1. The van der Waals surface area contributed by atoms with Crippen molar-refractivity contribution in [2.45, 2.75) is 113 Å². The molecule has 0 aromatic carbocycles. The lowest BCUT2D eigenvalue weighted by molar-refractivity contribution is -0.235. The van der Waals surface area contributed by atoms with Gasteiger partial charge in [-0.1, -0.05) is 55.4 Å². The Kier molecular flexibility index (Phi) is 5.14. The van der Waals surface area contributed by atoms with E-state index in [4.69, 9.17) is 0 Å². The van der Waals surface area contributed by atoms with Gasteiger partial charge in [0, 0.05) is 11.3 Å². The Morgan fingerprint density at radius 1 is 0.879 bits per heavy atom. The molecule has 0 radical (unpaired) electrons. The van der Waals surface area contributed by atoms with Gasteiger partial charge in [-0.2, -0.15) is 5.26 Å². The van der Waals surface area contributed by atoms with Gasteiger partial charge in [-0.15, -0.1) is 0 Å². The molecule has 2 heteroatoms. The number of carbonyl (C=O) groups is 1. The Morgan fingerprint density at radius 3 is 2.21 bits per heavy atom. The highest BCUT2D eigenvalue weighted by molar-refractivity contribution is 5.87. The van der Waals surface area contributed by atoms with Crippen LogP contribution in [0.5, 0.6) is 0 Å². The van der Waals surface area contributed by atoms with Crippen molar-refractivity contribution in [3.63, 3.8) is 0 Å². The maximum absolute atomic E-state index is 13.2. The van der Waals surface area contributed by atoms with Crippen LogP contribution in [0.3, 0.4) is 0 Å². The van der Waals surface area contributed by atoms with E-state index < -0.39 is 0 Å². The highest BCUT2D eigenvalue weighted by Gasteiger charge is 2.71. The van der Waals surface area contributed by atoms with E-state index in [2.05, 4.69) is 61.5 Å². The molecule has 0 aromatic rings. The molecule has 184 valence electrons. The van der Waals surface area contributed by atoms with Crippen LogP contribution in [0, 0.1) is 79.8 Å². The van der Waals surface area contributed by atoms with E-state index in [0.29, 0.717) is 52.1 Å². The van der Waals surface area contributed by atoms with Gasteiger partial charge in [-0.3, -0.25) is 4.79 Å². The standard InChI is InChI=1S/C31H49NO/c1-19(2)21-11-14-31(18-32)16-15-29(7)22(25(21)31)9-10-24-28(6)17-20(3)26(33)27(4,5)23(28)12-13-30(24,29)8/h19-25H,9-17H2,1-8H3/t20-,21+,22-,23-,24+,25-,28-,29-,30+,31+/m1/s1. The maximum Gasteiger partial charge on any atom is 0.141 e. The predicted molar refractivity (Wildman–Crippen MR) is 134 cm³/mol. The summed E-state index contributed by atoms with van der Waals surface area (Å²) in [5.74, 6) is 4.59. The van der Waals surface area contributed by atoms with Crippen molar-refractivity contribution < 1.29 is 4.79 Å². The Morgan fingerprint density at radius 2 is 1.58 bits per heavy atom. The molecule has 5 aliphatic carbocycles. The molecule has 5 saturated carbocycles. The van der Waals surface area contributed by atoms with Gasteiger partial charge in [-0.25, -0.2) is 0 Å². The minimum Gasteiger partial charge on any atom is -0.299 e. The molecule has 0 aromatic heterocycles. The van der Waals surface area contributed by atoms with E-state index in [-0.39, 0.29) is 22.2 Å².